The lowest BCUT2D eigenvalue weighted by molar-refractivity contribution is -0.384. The normalized spacial score (nSPS) is 12.2. The molecule has 0 amide bonds. The van der Waals surface area contributed by atoms with E-state index < -0.39 is 4.92 Å². The first-order valence-corrected chi connectivity index (χ1v) is 9.50. The molecule has 0 unspecified atom stereocenters. The van der Waals surface area contributed by atoms with E-state index in [1.165, 1.54) is 23.9 Å². The summed E-state index contributed by atoms with van der Waals surface area (Å²) in [5.74, 6) is 2.21. The van der Waals surface area contributed by atoms with E-state index in [1.807, 2.05) is 31.5 Å². The second-order valence-corrected chi connectivity index (χ2v) is 7.57. The summed E-state index contributed by atoms with van der Waals surface area (Å²) in [6, 6.07) is 7.81. The number of nitro groups is 1. The van der Waals surface area contributed by atoms with Crippen molar-refractivity contribution in [2.45, 2.75) is 24.3 Å². The molecule has 1 aromatic carbocycles. The molecule has 0 saturated carbocycles. The van der Waals surface area contributed by atoms with Gasteiger partial charge in [-0.2, -0.15) is 0 Å². The van der Waals surface area contributed by atoms with Crippen LogP contribution in [0.5, 0.6) is 0 Å². The van der Waals surface area contributed by atoms with E-state index in [0.29, 0.717) is 28.3 Å². The zero-order valence-electron chi connectivity index (χ0n) is 15.8. The molecule has 11 heteroatoms. The fourth-order valence-electron chi connectivity index (χ4n) is 2.72. The van der Waals surface area contributed by atoms with Crippen LogP contribution in [0, 0.1) is 17.0 Å². The number of non-ortho nitro benzene ring substituents is 1. The van der Waals surface area contributed by atoms with Crippen LogP contribution >= 0.6 is 11.8 Å². The van der Waals surface area contributed by atoms with Gasteiger partial charge in [0.25, 0.3) is 5.69 Å². The van der Waals surface area contributed by atoms with Crippen molar-refractivity contribution < 1.29 is 13.8 Å². The molecule has 0 aliphatic carbocycles. The average Bonchev–Trinajstić information content (AvgIpc) is 3.43. The zero-order chi connectivity index (χ0) is 20.5. The summed E-state index contributed by atoms with van der Waals surface area (Å²) in [5, 5.41) is 28.0. The SMILES string of the molecule is Cc1occc1-c1nnc(S[C@H](C)c2nnc(-c3ccc([N+](=O)[O-])cc3)o2)n1C. The summed E-state index contributed by atoms with van der Waals surface area (Å²) in [6.45, 7) is 3.80. The second kappa shape index (κ2) is 7.51. The molecule has 4 rings (SSSR count). The molecule has 0 N–H and O–H groups in total. The third-order valence-corrected chi connectivity index (χ3v) is 5.45. The third-order valence-electron chi connectivity index (χ3n) is 4.33. The van der Waals surface area contributed by atoms with Gasteiger partial charge in [0.1, 0.15) is 5.76 Å². The van der Waals surface area contributed by atoms with E-state index >= 15 is 0 Å². The molecule has 10 nitrogen and oxygen atoms in total. The number of nitrogens with zero attached hydrogens (tertiary/aromatic N) is 6. The van der Waals surface area contributed by atoms with Crippen LogP contribution in [-0.4, -0.2) is 29.9 Å². The fourth-order valence-corrected chi connectivity index (χ4v) is 3.56. The largest absolute Gasteiger partial charge is 0.469 e. The zero-order valence-corrected chi connectivity index (χ0v) is 16.6. The minimum Gasteiger partial charge on any atom is -0.469 e. The lowest BCUT2D eigenvalue weighted by Gasteiger charge is -2.06. The standard InChI is InChI=1S/C18H16N6O4S/c1-10-14(8-9-27-10)15-19-22-18(23(15)3)29-11(2)16-20-21-17(28-16)12-4-6-13(7-5-12)24(25)26/h4-9,11H,1-3H3/t11-/m1/s1. The Morgan fingerprint density at radius 3 is 2.55 bits per heavy atom. The van der Waals surface area contributed by atoms with Crippen LogP contribution in [0.3, 0.4) is 0 Å². The van der Waals surface area contributed by atoms with E-state index in [1.54, 1.807) is 18.4 Å². The van der Waals surface area contributed by atoms with Crippen LogP contribution in [0.2, 0.25) is 0 Å². The van der Waals surface area contributed by atoms with Gasteiger partial charge in [-0.25, -0.2) is 0 Å². The molecule has 0 aliphatic rings. The molecule has 0 bridgehead atoms. The van der Waals surface area contributed by atoms with Crippen molar-refractivity contribution in [1.82, 2.24) is 25.0 Å². The number of hydrogen-bond acceptors (Lipinski definition) is 9. The van der Waals surface area contributed by atoms with Gasteiger partial charge in [0.2, 0.25) is 11.8 Å². The van der Waals surface area contributed by atoms with Gasteiger partial charge >= 0.3 is 0 Å². The number of aryl methyl sites for hydroxylation is 1. The highest BCUT2D eigenvalue weighted by Crippen LogP contribution is 2.35. The Kier molecular flexibility index (Phi) is 4.89. The van der Waals surface area contributed by atoms with E-state index in [2.05, 4.69) is 20.4 Å². The molecule has 0 fully saturated rings. The lowest BCUT2D eigenvalue weighted by Crippen LogP contribution is -1.97. The number of furan rings is 1. The van der Waals surface area contributed by atoms with Crippen molar-refractivity contribution in [1.29, 1.82) is 0 Å². The van der Waals surface area contributed by atoms with Crippen LogP contribution < -0.4 is 0 Å². The Balaban J connectivity index is 1.51. The van der Waals surface area contributed by atoms with Gasteiger partial charge in [0, 0.05) is 24.7 Å². The van der Waals surface area contributed by atoms with Crippen LogP contribution in [0.15, 0.2) is 50.6 Å². The Morgan fingerprint density at radius 1 is 1.14 bits per heavy atom. The number of benzene rings is 1. The topological polar surface area (TPSA) is 126 Å². The first-order chi connectivity index (χ1) is 13.9. The molecule has 4 aromatic rings. The van der Waals surface area contributed by atoms with Gasteiger partial charge < -0.3 is 13.4 Å². The monoisotopic (exact) mass is 412 g/mol. The highest BCUT2D eigenvalue weighted by molar-refractivity contribution is 7.99. The Morgan fingerprint density at radius 2 is 1.90 bits per heavy atom. The van der Waals surface area contributed by atoms with Crippen LogP contribution in [0.1, 0.15) is 23.8 Å². The van der Waals surface area contributed by atoms with E-state index in [-0.39, 0.29) is 10.9 Å². The molecule has 3 aromatic heterocycles. The molecular formula is C18H16N6O4S. The number of hydrogen-bond donors (Lipinski definition) is 0. The number of aromatic nitrogens is 5. The van der Waals surface area contributed by atoms with Gasteiger partial charge in [0.15, 0.2) is 11.0 Å². The summed E-state index contributed by atoms with van der Waals surface area (Å²) >= 11 is 1.44. The minimum absolute atomic E-state index is 0.00311. The van der Waals surface area contributed by atoms with Crippen molar-refractivity contribution in [3.05, 3.63) is 58.4 Å². The van der Waals surface area contributed by atoms with Gasteiger partial charge in [-0.05, 0) is 32.0 Å². The molecule has 148 valence electrons. The predicted octanol–water partition coefficient (Wildman–Crippen LogP) is 4.20. The van der Waals surface area contributed by atoms with Crippen molar-refractivity contribution in [2.75, 3.05) is 0 Å². The average molecular weight is 412 g/mol. The number of rotatable bonds is 6. The predicted molar refractivity (Wildman–Crippen MR) is 104 cm³/mol. The molecule has 0 spiro atoms. The minimum atomic E-state index is -0.456. The molecule has 1 atom stereocenters. The van der Waals surface area contributed by atoms with Gasteiger partial charge in [0.05, 0.1) is 22.0 Å². The Hall–Kier alpha value is -3.47. The van der Waals surface area contributed by atoms with E-state index in [9.17, 15) is 10.1 Å². The first kappa shape index (κ1) is 18.9. The van der Waals surface area contributed by atoms with Crippen molar-refractivity contribution in [3.63, 3.8) is 0 Å². The van der Waals surface area contributed by atoms with Crippen molar-refractivity contribution in [2.24, 2.45) is 7.05 Å². The smallest absolute Gasteiger partial charge is 0.269 e. The highest BCUT2D eigenvalue weighted by atomic mass is 32.2. The summed E-state index contributed by atoms with van der Waals surface area (Å²) in [7, 11) is 1.88. The maximum atomic E-state index is 10.8. The van der Waals surface area contributed by atoms with E-state index in [4.69, 9.17) is 8.83 Å². The Labute approximate surface area is 169 Å². The summed E-state index contributed by atoms with van der Waals surface area (Å²) < 4.78 is 13.0. The molecule has 29 heavy (non-hydrogen) atoms. The molecule has 0 radical (unpaired) electrons. The van der Waals surface area contributed by atoms with Gasteiger partial charge in [-0.15, -0.1) is 20.4 Å². The van der Waals surface area contributed by atoms with Crippen molar-refractivity contribution >= 4 is 17.4 Å². The van der Waals surface area contributed by atoms with Crippen LogP contribution in [0.4, 0.5) is 5.69 Å². The van der Waals surface area contributed by atoms with E-state index in [0.717, 1.165) is 11.3 Å². The summed E-state index contributed by atoms with van der Waals surface area (Å²) in [4.78, 5) is 10.3. The summed E-state index contributed by atoms with van der Waals surface area (Å²) in [6.07, 6.45) is 1.62. The van der Waals surface area contributed by atoms with Gasteiger partial charge in [-0.3, -0.25) is 10.1 Å². The summed E-state index contributed by atoms with van der Waals surface area (Å²) in [5.41, 5.74) is 1.50. The van der Waals surface area contributed by atoms with Crippen LogP contribution in [0.25, 0.3) is 22.8 Å². The quantitative estimate of drug-likeness (QED) is 0.260. The van der Waals surface area contributed by atoms with Gasteiger partial charge in [-0.1, -0.05) is 11.8 Å². The molecular weight excluding hydrogens is 396 g/mol. The number of thioether (sulfide) groups is 1. The fraction of sp³-hybridized carbons (Fsp3) is 0.222. The highest BCUT2D eigenvalue weighted by Gasteiger charge is 2.21. The number of nitro benzene ring substituents is 1. The Bertz CT molecular complexity index is 1160. The third kappa shape index (κ3) is 3.63. The molecule has 3 heterocycles. The van der Waals surface area contributed by atoms with Crippen LogP contribution in [-0.2, 0) is 7.05 Å². The second-order valence-electron chi connectivity index (χ2n) is 6.27. The van der Waals surface area contributed by atoms with Crippen molar-refractivity contribution in [3.8, 4) is 22.8 Å². The molecule has 0 saturated heterocycles. The lowest BCUT2D eigenvalue weighted by atomic mass is 10.2. The molecule has 0 aliphatic heterocycles. The first-order valence-electron chi connectivity index (χ1n) is 8.62. The maximum absolute atomic E-state index is 10.8. The maximum Gasteiger partial charge on any atom is 0.269 e.